The number of thiophene rings is 1. The molecule has 0 aromatic carbocycles. The fourth-order valence-corrected chi connectivity index (χ4v) is 4.28. The summed E-state index contributed by atoms with van der Waals surface area (Å²) in [4.78, 5) is 11.7. The van der Waals surface area contributed by atoms with Gasteiger partial charge in [-0.15, -0.1) is 11.3 Å². The lowest BCUT2D eigenvalue weighted by molar-refractivity contribution is 0.0602. The van der Waals surface area contributed by atoms with Gasteiger partial charge in [0.15, 0.2) is 0 Å². The van der Waals surface area contributed by atoms with E-state index in [1.54, 1.807) is 12.3 Å². The average Bonchev–Trinajstić information content (AvgIpc) is 2.79. The van der Waals surface area contributed by atoms with Crippen LogP contribution in [-0.4, -0.2) is 41.3 Å². The number of ether oxygens (including phenoxy) is 2. The summed E-state index contributed by atoms with van der Waals surface area (Å²) >= 11 is 1.05. The van der Waals surface area contributed by atoms with Crippen molar-refractivity contribution in [2.75, 3.05) is 26.9 Å². The molecule has 0 aliphatic heterocycles. The van der Waals surface area contributed by atoms with Gasteiger partial charge in [0.05, 0.1) is 20.3 Å². The molecule has 118 valence electrons. The van der Waals surface area contributed by atoms with Crippen LogP contribution in [0.2, 0.25) is 0 Å². The van der Waals surface area contributed by atoms with Crippen molar-refractivity contribution in [3.63, 3.8) is 0 Å². The number of hydrogen-bond acceptors (Lipinski definition) is 6. The second-order valence-corrected chi connectivity index (χ2v) is 7.06. The third kappa shape index (κ3) is 4.92. The summed E-state index contributed by atoms with van der Waals surface area (Å²) in [5.41, 5.74) is 1.37. The lowest BCUT2D eigenvalue weighted by atomic mass is 10.3. The fourth-order valence-electron chi connectivity index (χ4n) is 1.57. The van der Waals surface area contributed by atoms with Crippen molar-refractivity contribution in [3.05, 3.63) is 28.0 Å². The molecule has 0 radical (unpaired) electrons. The van der Waals surface area contributed by atoms with Crippen molar-refractivity contribution in [2.45, 2.75) is 18.7 Å². The van der Waals surface area contributed by atoms with Gasteiger partial charge < -0.3 is 9.47 Å². The van der Waals surface area contributed by atoms with E-state index in [0.29, 0.717) is 12.2 Å². The second kappa shape index (κ2) is 7.69. The van der Waals surface area contributed by atoms with Gasteiger partial charge in [0, 0.05) is 6.54 Å². The summed E-state index contributed by atoms with van der Waals surface area (Å²) in [6.07, 6.45) is 0. The molecule has 0 atom stereocenters. The number of carbonyl (C=O) groups excluding carboxylic acids is 1. The van der Waals surface area contributed by atoms with Gasteiger partial charge in [-0.25, -0.2) is 17.9 Å². The molecule has 1 aromatic heterocycles. The molecular weight excluding hydrogens is 314 g/mol. The largest absolute Gasteiger partial charge is 0.465 e. The van der Waals surface area contributed by atoms with E-state index in [2.05, 4.69) is 16.0 Å². The minimum absolute atomic E-state index is 0.0285. The van der Waals surface area contributed by atoms with Crippen molar-refractivity contribution in [1.29, 1.82) is 0 Å². The Morgan fingerprint density at radius 3 is 2.71 bits per heavy atom. The van der Waals surface area contributed by atoms with E-state index in [1.165, 1.54) is 7.11 Å². The molecule has 0 bridgehead atoms. The van der Waals surface area contributed by atoms with Gasteiger partial charge in [0.25, 0.3) is 0 Å². The van der Waals surface area contributed by atoms with Crippen molar-refractivity contribution in [1.82, 2.24) is 4.72 Å². The normalized spacial score (nSPS) is 11.4. The predicted octanol–water partition coefficient (Wildman–Crippen LogP) is 1.71. The maximum Gasteiger partial charge on any atom is 0.349 e. The third-order valence-corrected chi connectivity index (χ3v) is 5.30. The molecule has 1 N–H and O–H groups in total. The minimum Gasteiger partial charge on any atom is -0.465 e. The van der Waals surface area contributed by atoms with Crippen LogP contribution in [0.4, 0.5) is 0 Å². The molecule has 0 saturated heterocycles. The first-order chi connectivity index (χ1) is 9.79. The van der Waals surface area contributed by atoms with Crippen LogP contribution in [0.25, 0.3) is 0 Å². The Morgan fingerprint density at radius 2 is 2.14 bits per heavy atom. The predicted molar refractivity (Wildman–Crippen MR) is 81.2 cm³/mol. The van der Waals surface area contributed by atoms with Crippen LogP contribution in [0.3, 0.4) is 0 Å². The maximum absolute atomic E-state index is 12.3. The van der Waals surface area contributed by atoms with Crippen LogP contribution >= 0.6 is 11.3 Å². The number of hydrogen-bond donors (Lipinski definition) is 1. The molecule has 0 fully saturated rings. The van der Waals surface area contributed by atoms with Crippen LogP contribution in [0.5, 0.6) is 0 Å². The van der Waals surface area contributed by atoms with E-state index in [0.717, 1.165) is 16.9 Å². The number of esters is 1. The Bertz CT molecular complexity index is 619. The zero-order valence-electron chi connectivity index (χ0n) is 12.3. The topological polar surface area (TPSA) is 81.7 Å². The Labute approximate surface area is 128 Å². The fraction of sp³-hybridized carbons (Fsp3) is 0.462. The van der Waals surface area contributed by atoms with Crippen LogP contribution in [-0.2, 0) is 19.5 Å². The first-order valence-electron chi connectivity index (χ1n) is 6.17. The number of methoxy groups -OCH3 is 1. The van der Waals surface area contributed by atoms with Gasteiger partial charge in [-0.3, -0.25) is 0 Å². The summed E-state index contributed by atoms with van der Waals surface area (Å²) in [7, 11) is -2.56. The van der Waals surface area contributed by atoms with Gasteiger partial charge in [-0.05, 0) is 24.8 Å². The van der Waals surface area contributed by atoms with E-state index in [-0.39, 0.29) is 22.9 Å². The summed E-state index contributed by atoms with van der Waals surface area (Å²) in [5, 5.41) is 1.61. The zero-order valence-corrected chi connectivity index (χ0v) is 13.9. The molecule has 21 heavy (non-hydrogen) atoms. The van der Waals surface area contributed by atoms with Gasteiger partial charge in [0.2, 0.25) is 10.0 Å². The quantitative estimate of drug-likeness (QED) is 0.445. The lowest BCUT2D eigenvalue weighted by Gasteiger charge is -2.09. The molecule has 8 heteroatoms. The Morgan fingerprint density at radius 1 is 1.48 bits per heavy atom. The number of aryl methyl sites for hydroxylation is 1. The molecule has 1 heterocycles. The third-order valence-electron chi connectivity index (χ3n) is 2.44. The standard InChI is InChI=1S/C13H19NO5S2/c1-9(2)7-19-6-5-14-21(16,17)12-10(3)8-20-11(12)13(15)18-4/h8,14H,1,5-7H2,2-4H3. The molecular formula is C13H19NO5S2. The van der Waals surface area contributed by atoms with Gasteiger partial charge >= 0.3 is 5.97 Å². The first kappa shape index (κ1) is 17.8. The van der Waals surface area contributed by atoms with Crippen LogP contribution < -0.4 is 4.72 Å². The summed E-state index contributed by atoms with van der Waals surface area (Å²) in [5.74, 6) is -0.660. The minimum atomic E-state index is -3.78. The van der Waals surface area contributed by atoms with Crippen molar-refractivity contribution in [2.24, 2.45) is 0 Å². The maximum atomic E-state index is 12.3. The highest BCUT2D eigenvalue weighted by atomic mass is 32.2. The van der Waals surface area contributed by atoms with E-state index >= 15 is 0 Å². The second-order valence-electron chi connectivity index (χ2n) is 4.48. The first-order valence-corrected chi connectivity index (χ1v) is 8.54. The van der Waals surface area contributed by atoms with Crippen LogP contribution in [0, 0.1) is 6.92 Å². The molecule has 1 aromatic rings. The van der Waals surface area contributed by atoms with Crippen LogP contribution in [0.15, 0.2) is 22.4 Å². The molecule has 6 nitrogen and oxygen atoms in total. The van der Waals surface area contributed by atoms with E-state index in [1.807, 2.05) is 6.92 Å². The zero-order chi connectivity index (χ0) is 16.0. The Balaban J connectivity index is 2.77. The highest BCUT2D eigenvalue weighted by Gasteiger charge is 2.27. The molecule has 0 aliphatic carbocycles. The van der Waals surface area contributed by atoms with Crippen molar-refractivity contribution in [3.8, 4) is 0 Å². The monoisotopic (exact) mass is 333 g/mol. The van der Waals surface area contributed by atoms with Crippen molar-refractivity contribution >= 4 is 27.3 Å². The van der Waals surface area contributed by atoms with Crippen molar-refractivity contribution < 1.29 is 22.7 Å². The van der Waals surface area contributed by atoms with Gasteiger partial charge in [0.1, 0.15) is 9.77 Å². The SMILES string of the molecule is C=C(C)COCCNS(=O)(=O)c1c(C)csc1C(=O)OC. The molecule has 0 unspecified atom stereocenters. The molecule has 0 aliphatic rings. The number of nitrogens with one attached hydrogen (secondary N) is 1. The van der Waals surface area contributed by atoms with E-state index in [4.69, 9.17) is 4.74 Å². The highest BCUT2D eigenvalue weighted by Crippen LogP contribution is 2.27. The Hall–Kier alpha value is -1.22. The highest BCUT2D eigenvalue weighted by molar-refractivity contribution is 7.89. The number of sulfonamides is 1. The van der Waals surface area contributed by atoms with Gasteiger partial charge in [-0.2, -0.15) is 0 Å². The smallest absolute Gasteiger partial charge is 0.349 e. The van der Waals surface area contributed by atoms with E-state index < -0.39 is 16.0 Å². The van der Waals surface area contributed by atoms with Crippen LogP contribution in [0.1, 0.15) is 22.2 Å². The summed E-state index contributed by atoms with van der Waals surface area (Å²) in [6, 6.07) is 0. The van der Waals surface area contributed by atoms with E-state index in [9.17, 15) is 13.2 Å². The molecule has 0 amide bonds. The summed E-state index contributed by atoms with van der Waals surface area (Å²) in [6.45, 7) is 7.86. The molecule has 1 rings (SSSR count). The molecule has 0 spiro atoms. The molecule has 0 saturated carbocycles. The number of carbonyl (C=O) groups is 1. The lowest BCUT2D eigenvalue weighted by Crippen LogP contribution is -2.29. The average molecular weight is 333 g/mol. The van der Waals surface area contributed by atoms with Gasteiger partial charge in [-0.1, -0.05) is 12.2 Å². The number of rotatable bonds is 8. The Kier molecular flexibility index (Phi) is 6.53. The summed E-state index contributed by atoms with van der Waals surface area (Å²) < 4.78 is 36.8.